The molecule has 2 atom stereocenters. The van der Waals surface area contributed by atoms with Crippen LogP contribution < -0.4 is 16.4 Å². The van der Waals surface area contributed by atoms with E-state index in [0.29, 0.717) is 35.5 Å². The van der Waals surface area contributed by atoms with Crippen LogP contribution in [0.4, 0.5) is 4.39 Å². The summed E-state index contributed by atoms with van der Waals surface area (Å²) in [6.07, 6.45) is 1.44. The van der Waals surface area contributed by atoms with Crippen molar-refractivity contribution in [3.05, 3.63) is 52.4 Å². The summed E-state index contributed by atoms with van der Waals surface area (Å²) in [6, 6.07) is 7.35. The highest BCUT2D eigenvalue weighted by Crippen LogP contribution is 2.24. The van der Waals surface area contributed by atoms with Gasteiger partial charge in [0, 0.05) is 50.0 Å². The quantitative estimate of drug-likeness (QED) is 0.614. The van der Waals surface area contributed by atoms with Crippen LogP contribution in [0.3, 0.4) is 0 Å². The number of carbonyl (C=O) groups is 1. The molecule has 0 bridgehead atoms. The van der Waals surface area contributed by atoms with Crippen LogP contribution in [-0.4, -0.2) is 47.3 Å². The van der Waals surface area contributed by atoms with E-state index in [1.54, 1.807) is 25.2 Å². The van der Waals surface area contributed by atoms with Crippen molar-refractivity contribution in [2.45, 2.75) is 25.0 Å². The number of carbonyl (C=O) groups excluding carboxylic acids is 1. The van der Waals surface area contributed by atoms with Gasteiger partial charge in [-0.3, -0.25) is 14.3 Å². The Hall–Kier alpha value is -3.55. The van der Waals surface area contributed by atoms with Gasteiger partial charge in [-0.1, -0.05) is 0 Å². The first-order chi connectivity index (χ1) is 15.5. The minimum atomic E-state index is -0.923. The molecular formula is C22H22FN5O4. The zero-order valence-electron chi connectivity index (χ0n) is 17.4. The summed E-state index contributed by atoms with van der Waals surface area (Å²) in [4.78, 5) is 28.4. The van der Waals surface area contributed by atoms with Crippen LogP contribution in [0.25, 0.3) is 22.4 Å². The van der Waals surface area contributed by atoms with Gasteiger partial charge in [0.25, 0.3) is 5.91 Å². The van der Waals surface area contributed by atoms with E-state index in [2.05, 4.69) is 15.6 Å². The smallest absolute Gasteiger partial charge is 0.408 e. The summed E-state index contributed by atoms with van der Waals surface area (Å²) in [5.41, 5.74) is 2.19. The van der Waals surface area contributed by atoms with Gasteiger partial charge < -0.3 is 19.8 Å². The van der Waals surface area contributed by atoms with Gasteiger partial charge in [-0.25, -0.2) is 9.18 Å². The average molecular weight is 439 g/mol. The molecule has 0 radical (unpaired) electrons. The molecule has 1 aromatic carbocycles. The summed E-state index contributed by atoms with van der Waals surface area (Å²) in [5.74, 6) is -1.44. The first-order valence-corrected chi connectivity index (χ1v) is 10.2. The number of amides is 1. The number of aromatic nitrogens is 2. The molecule has 32 heavy (non-hydrogen) atoms. The largest absolute Gasteiger partial charge is 0.419 e. The van der Waals surface area contributed by atoms with E-state index in [4.69, 9.17) is 9.15 Å². The number of halogens is 1. The molecule has 1 aliphatic rings. The maximum atomic E-state index is 14.8. The number of hydrogen-bond acceptors (Lipinski definition) is 7. The first kappa shape index (κ1) is 21.7. The molecule has 10 heteroatoms. The Morgan fingerprint density at radius 2 is 2.31 bits per heavy atom. The van der Waals surface area contributed by atoms with Crippen LogP contribution in [0.15, 0.2) is 39.7 Å². The second-order valence-electron chi connectivity index (χ2n) is 7.58. The lowest BCUT2D eigenvalue weighted by molar-refractivity contribution is -0.132. The lowest BCUT2D eigenvalue weighted by Gasteiger charge is -2.18. The van der Waals surface area contributed by atoms with Crippen molar-refractivity contribution in [1.29, 1.82) is 5.26 Å². The van der Waals surface area contributed by atoms with Gasteiger partial charge in [-0.15, -0.1) is 0 Å². The molecule has 1 amide bonds. The van der Waals surface area contributed by atoms with Gasteiger partial charge >= 0.3 is 5.76 Å². The van der Waals surface area contributed by atoms with Crippen molar-refractivity contribution in [3.63, 3.8) is 0 Å². The van der Waals surface area contributed by atoms with Crippen molar-refractivity contribution < 1.29 is 18.3 Å². The summed E-state index contributed by atoms with van der Waals surface area (Å²) >= 11 is 0. The van der Waals surface area contributed by atoms with Crippen LogP contribution in [0.2, 0.25) is 0 Å². The maximum absolute atomic E-state index is 14.8. The van der Waals surface area contributed by atoms with Crippen LogP contribution in [0, 0.1) is 17.1 Å². The molecule has 1 saturated heterocycles. The minimum Gasteiger partial charge on any atom is -0.408 e. The van der Waals surface area contributed by atoms with E-state index in [0.717, 1.165) is 13.0 Å². The number of fused-ring (bicyclic) bond motifs is 1. The van der Waals surface area contributed by atoms with Gasteiger partial charge in [-0.05, 0) is 31.2 Å². The second-order valence-corrected chi connectivity index (χ2v) is 7.58. The molecule has 9 nitrogen and oxygen atoms in total. The number of rotatable bonds is 5. The maximum Gasteiger partial charge on any atom is 0.419 e. The van der Waals surface area contributed by atoms with Crippen LogP contribution >= 0.6 is 0 Å². The fourth-order valence-electron chi connectivity index (χ4n) is 3.55. The molecule has 166 valence electrons. The molecule has 2 unspecified atom stereocenters. The third kappa shape index (κ3) is 4.54. The third-order valence-electron chi connectivity index (χ3n) is 5.35. The van der Waals surface area contributed by atoms with Gasteiger partial charge in [0.15, 0.2) is 5.58 Å². The van der Waals surface area contributed by atoms with Gasteiger partial charge in [-0.2, -0.15) is 5.26 Å². The number of hydrogen-bond donors (Lipinski definition) is 2. The highest BCUT2D eigenvalue weighted by molar-refractivity contribution is 5.82. The Kier molecular flexibility index (Phi) is 6.30. The highest BCUT2D eigenvalue weighted by atomic mass is 19.1. The third-order valence-corrected chi connectivity index (χ3v) is 5.35. The number of oxazole rings is 1. The number of nitriles is 1. The number of ether oxygens (including phenoxy) is 1. The summed E-state index contributed by atoms with van der Waals surface area (Å²) in [5, 5.41) is 15.2. The number of aryl methyl sites for hydroxylation is 1. The molecule has 2 aromatic heterocycles. The van der Waals surface area contributed by atoms with Crippen molar-refractivity contribution >= 4 is 17.0 Å². The molecule has 0 saturated carbocycles. The van der Waals surface area contributed by atoms with Gasteiger partial charge in [0.2, 0.25) is 0 Å². The molecule has 4 rings (SSSR count). The van der Waals surface area contributed by atoms with Crippen LogP contribution in [0.1, 0.15) is 12.0 Å². The molecule has 1 aliphatic heterocycles. The Labute approximate surface area is 182 Å². The molecule has 0 spiro atoms. The van der Waals surface area contributed by atoms with Crippen molar-refractivity contribution in [1.82, 2.24) is 20.2 Å². The van der Waals surface area contributed by atoms with E-state index in [-0.39, 0.29) is 12.0 Å². The molecule has 3 aromatic rings. The Balaban J connectivity index is 1.49. The number of benzene rings is 1. The number of nitrogens with one attached hydrogen (secondary N) is 2. The van der Waals surface area contributed by atoms with E-state index in [1.807, 2.05) is 6.07 Å². The summed E-state index contributed by atoms with van der Waals surface area (Å²) in [6.45, 7) is 1.58. The molecular weight excluding hydrogens is 417 g/mol. The fourth-order valence-corrected chi connectivity index (χ4v) is 3.55. The monoisotopic (exact) mass is 439 g/mol. The van der Waals surface area contributed by atoms with Gasteiger partial charge in [0.05, 0.1) is 17.3 Å². The number of pyridine rings is 1. The lowest BCUT2D eigenvalue weighted by atomic mass is 10.1. The highest BCUT2D eigenvalue weighted by Gasteiger charge is 2.24. The van der Waals surface area contributed by atoms with Gasteiger partial charge in [0.1, 0.15) is 18.0 Å². The molecule has 2 N–H and O–H groups in total. The Morgan fingerprint density at radius 1 is 1.47 bits per heavy atom. The Bertz CT molecular complexity index is 1240. The number of nitrogens with zero attached hydrogens (tertiary/aromatic N) is 3. The van der Waals surface area contributed by atoms with Crippen molar-refractivity contribution in [2.75, 3.05) is 19.7 Å². The SMILES string of the molecule is Cn1c(=O)oc2ccc(-c3cc(F)c(CC(C#N)NC(=O)C4CNCCCO4)cn3)cc21. The topological polar surface area (TPSA) is 122 Å². The average Bonchev–Trinajstić information content (AvgIpc) is 2.97. The van der Waals surface area contributed by atoms with Crippen molar-refractivity contribution in [2.24, 2.45) is 7.05 Å². The van der Waals surface area contributed by atoms with E-state index < -0.39 is 29.6 Å². The second kappa shape index (κ2) is 9.30. The normalized spacial score (nSPS) is 17.5. The van der Waals surface area contributed by atoms with E-state index in [9.17, 15) is 19.2 Å². The zero-order valence-corrected chi connectivity index (χ0v) is 17.4. The summed E-state index contributed by atoms with van der Waals surface area (Å²) < 4.78 is 26.8. The summed E-state index contributed by atoms with van der Waals surface area (Å²) in [7, 11) is 1.58. The molecule has 0 aliphatic carbocycles. The minimum absolute atomic E-state index is 0.0310. The van der Waals surface area contributed by atoms with Crippen LogP contribution in [-0.2, 0) is 23.0 Å². The predicted molar refractivity (Wildman–Crippen MR) is 113 cm³/mol. The van der Waals surface area contributed by atoms with E-state index in [1.165, 1.54) is 16.8 Å². The Morgan fingerprint density at radius 3 is 3.09 bits per heavy atom. The van der Waals surface area contributed by atoms with Crippen molar-refractivity contribution in [3.8, 4) is 17.3 Å². The molecule has 3 heterocycles. The fraction of sp³-hybridized carbons (Fsp3) is 0.364. The first-order valence-electron chi connectivity index (χ1n) is 10.2. The standard InChI is InChI=1S/C22H22FN5O4/c1-28-18-8-13(3-4-19(18)32-22(28)30)17-9-16(23)14(11-26-17)7-15(10-24)27-21(29)20-12-25-5-2-6-31-20/h3-4,8-9,11,15,20,25H,2,5-7,12H2,1H3,(H,27,29). The molecule has 1 fully saturated rings. The lowest BCUT2D eigenvalue weighted by Crippen LogP contribution is -2.46. The van der Waals surface area contributed by atoms with Crippen LogP contribution in [0.5, 0.6) is 0 Å². The van der Waals surface area contributed by atoms with E-state index >= 15 is 0 Å². The zero-order chi connectivity index (χ0) is 22.7. The predicted octanol–water partition coefficient (Wildman–Crippen LogP) is 1.26.